The van der Waals surface area contributed by atoms with E-state index < -0.39 is 11.2 Å². The van der Waals surface area contributed by atoms with Crippen molar-refractivity contribution in [2.45, 2.75) is 6.18 Å². The largest absolute Gasteiger partial charge is 0.443 e. The number of carbonyl (C=O) groups excluding carboxylic acids is 1. The topological polar surface area (TPSA) is 30.0 Å². The molecule has 0 unspecified atom stereocenters. The second-order valence-corrected chi connectivity index (χ2v) is 3.57. The summed E-state index contributed by atoms with van der Waals surface area (Å²) in [6.45, 7) is 0. The number of thiazole rings is 1. The third-order valence-corrected chi connectivity index (χ3v) is 2.85. The fourth-order valence-corrected chi connectivity index (χ4v) is 1.78. The van der Waals surface area contributed by atoms with E-state index in [-0.39, 0.29) is 9.48 Å². The maximum Gasteiger partial charge on any atom is 0.443 e. The van der Waals surface area contributed by atoms with Gasteiger partial charge in [0.2, 0.25) is 0 Å². The van der Waals surface area contributed by atoms with Gasteiger partial charge in [-0.1, -0.05) is 0 Å². The fraction of sp³-hybridized carbons (Fsp3) is 0.200. The Kier molecular flexibility index (Phi) is 2.52. The highest BCUT2D eigenvalue weighted by Gasteiger charge is 2.35. The Balaban J connectivity index is 3.13. The molecule has 0 saturated heterocycles. The van der Waals surface area contributed by atoms with Gasteiger partial charge in [-0.25, -0.2) is 4.98 Å². The Labute approximate surface area is 77.5 Å². The van der Waals surface area contributed by atoms with Gasteiger partial charge in [-0.05, 0) is 15.9 Å². The van der Waals surface area contributed by atoms with E-state index in [4.69, 9.17) is 0 Å². The van der Waals surface area contributed by atoms with E-state index in [0.717, 1.165) is 0 Å². The third kappa shape index (κ3) is 1.84. The van der Waals surface area contributed by atoms with Crippen molar-refractivity contribution in [3.8, 4) is 0 Å². The Morgan fingerprint density at radius 3 is 2.33 bits per heavy atom. The van der Waals surface area contributed by atoms with Crippen LogP contribution in [-0.4, -0.2) is 11.3 Å². The molecule has 2 nitrogen and oxygen atoms in total. The van der Waals surface area contributed by atoms with E-state index in [9.17, 15) is 18.0 Å². The van der Waals surface area contributed by atoms with Gasteiger partial charge in [-0.3, -0.25) is 4.79 Å². The normalized spacial score (nSPS) is 11.7. The predicted octanol–water partition coefficient (Wildman–Crippen LogP) is 2.74. The number of rotatable bonds is 1. The van der Waals surface area contributed by atoms with Gasteiger partial charge in [0.05, 0.1) is 0 Å². The standard InChI is InChI=1S/C5HBrF3NOS/c6-3-2(1-11)12-4(10-3)5(7,8)9/h1H. The SMILES string of the molecule is O=Cc1sc(C(F)(F)F)nc1Br. The Bertz CT molecular complexity index is 308. The molecule has 0 aliphatic rings. The maximum atomic E-state index is 11.9. The average Bonchev–Trinajstić information content (AvgIpc) is 2.29. The molecule has 0 amide bonds. The molecule has 0 aliphatic carbocycles. The van der Waals surface area contributed by atoms with Crippen LogP contribution in [-0.2, 0) is 6.18 Å². The fourth-order valence-electron chi connectivity index (χ4n) is 0.507. The summed E-state index contributed by atoms with van der Waals surface area (Å²) >= 11 is 3.05. The van der Waals surface area contributed by atoms with Crippen molar-refractivity contribution >= 4 is 33.6 Å². The lowest BCUT2D eigenvalue weighted by Gasteiger charge is -1.98. The number of aromatic nitrogens is 1. The average molecular weight is 260 g/mol. The van der Waals surface area contributed by atoms with Crippen LogP contribution in [0.1, 0.15) is 14.7 Å². The molecule has 0 N–H and O–H groups in total. The number of hydrogen-bond donors (Lipinski definition) is 0. The third-order valence-electron chi connectivity index (χ3n) is 0.959. The van der Waals surface area contributed by atoms with Gasteiger partial charge in [0.15, 0.2) is 11.3 Å². The highest BCUT2D eigenvalue weighted by molar-refractivity contribution is 9.10. The van der Waals surface area contributed by atoms with Gasteiger partial charge in [0.1, 0.15) is 9.48 Å². The molecule has 0 spiro atoms. The van der Waals surface area contributed by atoms with Crippen LogP contribution < -0.4 is 0 Å². The summed E-state index contributed by atoms with van der Waals surface area (Å²) in [6, 6.07) is 0. The lowest BCUT2D eigenvalue weighted by molar-refractivity contribution is -0.137. The summed E-state index contributed by atoms with van der Waals surface area (Å²) in [5.41, 5.74) is 0. The van der Waals surface area contributed by atoms with Crippen LogP contribution in [0.25, 0.3) is 0 Å². The Morgan fingerprint density at radius 1 is 1.50 bits per heavy atom. The van der Waals surface area contributed by atoms with Crippen molar-refractivity contribution in [3.63, 3.8) is 0 Å². The molecule has 0 radical (unpaired) electrons. The monoisotopic (exact) mass is 259 g/mol. The zero-order valence-corrected chi connectivity index (χ0v) is 7.76. The number of nitrogens with zero attached hydrogens (tertiary/aromatic N) is 1. The van der Waals surface area contributed by atoms with Crippen LogP contribution in [0, 0.1) is 0 Å². The molecule has 1 rings (SSSR count). The smallest absolute Gasteiger partial charge is 0.297 e. The summed E-state index contributed by atoms with van der Waals surface area (Å²) in [4.78, 5) is 13.2. The summed E-state index contributed by atoms with van der Waals surface area (Å²) in [5.74, 6) is 0. The van der Waals surface area contributed by atoms with Crippen LogP contribution in [0.15, 0.2) is 4.60 Å². The number of aldehydes is 1. The molecule has 12 heavy (non-hydrogen) atoms. The second kappa shape index (κ2) is 3.14. The summed E-state index contributed by atoms with van der Waals surface area (Å²) in [7, 11) is 0. The Hall–Kier alpha value is -0.430. The first-order chi connectivity index (χ1) is 5.45. The molecule has 1 heterocycles. The van der Waals surface area contributed by atoms with Crippen molar-refractivity contribution < 1.29 is 18.0 Å². The lowest BCUT2D eigenvalue weighted by Crippen LogP contribution is -2.03. The predicted molar refractivity (Wildman–Crippen MR) is 40.2 cm³/mol. The van der Waals surface area contributed by atoms with Crippen LogP contribution in [0.4, 0.5) is 13.2 Å². The molecule has 0 aromatic carbocycles. The van der Waals surface area contributed by atoms with E-state index >= 15 is 0 Å². The Morgan fingerprint density at radius 2 is 2.08 bits per heavy atom. The zero-order valence-electron chi connectivity index (χ0n) is 5.35. The van der Waals surface area contributed by atoms with Gasteiger partial charge in [-0.2, -0.15) is 13.2 Å². The van der Waals surface area contributed by atoms with E-state index in [0.29, 0.717) is 17.6 Å². The first kappa shape index (κ1) is 9.66. The lowest BCUT2D eigenvalue weighted by atomic mass is 10.6. The number of hydrogen-bond acceptors (Lipinski definition) is 3. The molecule has 0 aliphatic heterocycles. The van der Waals surface area contributed by atoms with Gasteiger partial charge in [0.25, 0.3) is 0 Å². The van der Waals surface area contributed by atoms with Crippen LogP contribution in [0.3, 0.4) is 0 Å². The summed E-state index contributed by atoms with van der Waals surface area (Å²) in [6.07, 6.45) is -4.15. The first-order valence-corrected chi connectivity index (χ1v) is 4.25. The van der Waals surface area contributed by atoms with Crippen molar-refractivity contribution in [1.29, 1.82) is 0 Å². The molecule has 0 fully saturated rings. The van der Waals surface area contributed by atoms with Crippen molar-refractivity contribution in [2.75, 3.05) is 0 Å². The van der Waals surface area contributed by atoms with Crippen molar-refractivity contribution in [1.82, 2.24) is 4.98 Å². The van der Waals surface area contributed by atoms with Gasteiger partial charge < -0.3 is 0 Å². The van der Waals surface area contributed by atoms with Crippen LogP contribution >= 0.6 is 27.3 Å². The van der Waals surface area contributed by atoms with E-state index in [1.165, 1.54) is 0 Å². The minimum atomic E-state index is -4.48. The van der Waals surface area contributed by atoms with Crippen molar-refractivity contribution in [3.05, 3.63) is 14.5 Å². The highest BCUT2D eigenvalue weighted by atomic mass is 79.9. The molecule has 0 atom stereocenters. The van der Waals surface area contributed by atoms with Crippen molar-refractivity contribution in [2.24, 2.45) is 0 Å². The second-order valence-electron chi connectivity index (χ2n) is 1.79. The highest BCUT2D eigenvalue weighted by Crippen LogP contribution is 2.35. The van der Waals surface area contributed by atoms with E-state index in [2.05, 4.69) is 20.9 Å². The molecular formula is C5HBrF3NOS. The summed E-state index contributed by atoms with van der Waals surface area (Å²) < 4.78 is 35.7. The minimum absolute atomic E-state index is 0.0534. The number of alkyl halides is 3. The minimum Gasteiger partial charge on any atom is -0.297 e. The first-order valence-electron chi connectivity index (χ1n) is 2.64. The maximum absolute atomic E-state index is 11.9. The van der Waals surface area contributed by atoms with Crippen LogP contribution in [0.2, 0.25) is 0 Å². The number of carbonyl (C=O) groups is 1. The summed E-state index contributed by atoms with van der Waals surface area (Å²) in [5, 5.41) is -1.02. The zero-order chi connectivity index (χ0) is 9.35. The molecule has 1 aromatic rings. The number of halogens is 4. The molecule has 1 aromatic heterocycles. The quantitative estimate of drug-likeness (QED) is 0.726. The van der Waals surface area contributed by atoms with E-state index in [1.807, 2.05) is 0 Å². The molecule has 66 valence electrons. The molecule has 7 heteroatoms. The van der Waals surface area contributed by atoms with E-state index in [1.54, 1.807) is 0 Å². The van der Waals surface area contributed by atoms with Gasteiger partial charge in [0, 0.05) is 0 Å². The molecule has 0 saturated carbocycles. The molecule has 0 bridgehead atoms. The molecular weight excluding hydrogens is 259 g/mol. The van der Waals surface area contributed by atoms with Gasteiger partial charge in [-0.15, -0.1) is 11.3 Å². The van der Waals surface area contributed by atoms with Crippen LogP contribution in [0.5, 0.6) is 0 Å². The van der Waals surface area contributed by atoms with Gasteiger partial charge >= 0.3 is 6.18 Å².